The Morgan fingerprint density at radius 2 is 1.77 bits per heavy atom. The van der Waals surface area contributed by atoms with Crippen molar-refractivity contribution in [1.82, 2.24) is 9.97 Å². The van der Waals surface area contributed by atoms with E-state index >= 15 is 0 Å². The summed E-state index contributed by atoms with van der Waals surface area (Å²) in [6.07, 6.45) is 0. The molecular formula is C20H19ClN4O. The molecule has 0 saturated carbocycles. The van der Waals surface area contributed by atoms with Gasteiger partial charge in [-0.1, -0.05) is 29.8 Å². The van der Waals surface area contributed by atoms with Gasteiger partial charge < -0.3 is 10.6 Å². The molecule has 0 radical (unpaired) electrons. The highest BCUT2D eigenvalue weighted by atomic mass is 35.5. The highest BCUT2D eigenvalue weighted by Gasteiger charge is 2.12. The van der Waals surface area contributed by atoms with Crippen molar-refractivity contribution in [2.45, 2.75) is 20.8 Å². The third-order valence-corrected chi connectivity index (χ3v) is 4.20. The molecule has 0 aliphatic heterocycles. The van der Waals surface area contributed by atoms with Crippen LogP contribution in [0.1, 0.15) is 27.3 Å². The summed E-state index contributed by atoms with van der Waals surface area (Å²) in [5, 5.41) is 6.55. The van der Waals surface area contributed by atoms with Crippen LogP contribution in [0.5, 0.6) is 0 Å². The molecule has 0 saturated heterocycles. The third-order valence-electron chi connectivity index (χ3n) is 3.79. The maximum absolute atomic E-state index is 12.5. The lowest BCUT2D eigenvalue weighted by Crippen LogP contribution is -2.15. The van der Waals surface area contributed by atoms with Crippen molar-refractivity contribution in [3.63, 3.8) is 0 Å². The van der Waals surface area contributed by atoms with E-state index in [4.69, 9.17) is 11.6 Å². The Kier molecular flexibility index (Phi) is 5.19. The second-order valence-electron chi connectivity index (χ2n) is 6.13. The fraction of sp³-hybridized carbons (Fsp3) is 0.150. The van der Waals surface area contributed by atoms with E-state index in [0.717, 1.165) is 16.8 Å². The molecule has 26 heavy (non-hydrogen) atoms. The Labute approximate surface area is 157 Å². The van der Waals surface area contributed by atoms with E-state index < -0.39 is 0 Å². The summed E-state index contributed by atoms with van der Waals surface area (Å²) in [6, 6.07) is 14.9. The van der Waals surface area contributed by atoms with Gasteiger partial charge in [0.05, 0.1) is 0 Å². The second-order valence-corrected chi connectivity index (χ2v) is 6.54. The van der Waals surface area contributed by atoms with Crippen LogP contribution in [0.25, 0.3) is 0 Å². The number of amides is 1. The van der Waals surface area contributed by atoms with Crippen LogP contribution in [-0.4, -0.2) is 15.9 Å². The Morgan fingerprint density at radius 3 is 2.50 bits per heavy atom. The molecule has 0 aliphatic carbocycles. The van der Waals surface area contributed by atoms with E-state index in [0.29, 0.717) is 22.4 Å². The van der Waals surface area contributed by atoms with Gasteiger partial charge in [-0.05, 0) is 62.2 Å². The number of halogens is 1. The number of nitrogens with zero attached hydrogens (tertiary/aromatic N) is 2. The number of carbonyl (C=O) groups is 1. The molecule has 0 bridgehead atoms. The molecule has 1 aromatic heterocycles. The Bertz CT molecular complexity index is 972. The highest BCUT2D eigenvalue weighted by Crippen LogP contribution is 2.21. The summed E-state index contributed by atoms with van der Waals surface area (Å²) in [6.45, 7) is 5.74. The maximum Gasteiger partial charge on any atom is 0.274 e. The minimum atomic E-state index is -0.317. The van der Waals surface area contributed by atoms with Crippen molar-refractivity contribution in [2.75, 3.05) is 10.6 Å². The number of nitrogens with one attached hydrogen (secondary N) is 2. The first-order chi connectivity index (χ1) is 12.4. The van der Waals surface area contributed by atoms with Crippen molar-refractivity contribution in [3.8, 4) is 0 Å². The van der Waals surface area contributed by atoms with Crippen molar-refractivity contribution >= 4 is 34.8 Å². The smallest absolute Gasteiger partial charge is 0.274 e. The number of hydrogen-bond donors (Lipinski definition) is 2. The highest BCUT2D eigenvalue weighted by molar-refractivity contribution is 6.31. The monoisotopic (exact) mass is 366 g/mol. The number of hydrogen-bond acceptors (Lipinski definition) is 4. The predicted octanol–water partition coefficient (Wildman–Crippen LogP) is 5.05. The molecule has 6 heteroatoms. The molecule has 0 spiro atoms. The average molecular weight is 367 g/mol. The molecule has 2 aromatic carbocycles. The zero-order valence-corrected chi connectivity index (χ0v) is 15.6. The normalized spacial score (nSPS) is 10.5. The van der Waals surface area contributed by atoms with Gasteiger partial charge in [0.1, 0.15) is 5.69 Å². The number of rotatable bonds is 4. The van der Waals surface area contributed by atoms with Crippen LogP contribution in [0.4, 0.5) is 17.3 Å². The largest absolute Gasteiger partial charge is 0.324 e. The first-order valence-corrected chi connectivity index (χ1v) is 8.55. The fourth-order valence-corrected chi connectivity index (χ4v) is 2.64. The molecule has 3 rings (SSSR count). The quantitative estimate of drug-likeness (QED) is 0.678. The Hall–Kier alpha value is -2.92. The standard InChI is InChI=1S/C20H19ClN4O/c1-12-5-4-6-15(9-12)24-20-22-14(3)10-18(25-20)19(26)23-16-8-7-13(2)17(21)11-16/h4-11H,1-3H3,(H,23,26)(H,22,24,25). The first-order valence-electron chi connectivity index (χ1n) is 8.17. The van der Waals surface area contributed by atoms with Crippen LogP contribution in [0.3, 0.4) is 0 Å². The molecule has 1 amide bonds. The summed E-state index contributed by atoms with van der Waals surface area (Å²) in [4.78, 5) is 21.2. The topological polar surface area (TPSA) is 66.9 Å². The van der Waals surface area contributed by atoms with Crippen LogP contribution in [0.15, 0.2) is 48.5 Å². The predicted molar refractivity (Wildman–Crippen MR) is 105 cm³/mol. The van der Waals surface area contributed by atoms with Crippen molar-refractivity contribution in [1.29, 1.82) is 0 Å². The molecule has 0 unspecified atom stereocenters. The van der Waals surface area contributed by atoms with Crippen LogP contribution in [0, 0.1) is 20.8 Å². The number of carbonyl (C=O) groups excluding carboxylic acids is 1. The van der Waals surface area contributed by atoms with Gasteiger partial charge in [0.15, 0.2) is 0 Å². The van der Waals surface area contributed by atoms with Gasteiger partial charge in [0.25, 0.3) is 5.91 Å². The number of aryl methyl sites for hydroxylation is 3. The van der Waals surface area contributed by atoms with Crippen LogP contribution in [-0.2, 0) is 0 Å². The fourth-order valence-electron chi connectivity index (χ4n) is 2.46. The first kappa shape index (κ1) is 17.9. The van der Waals surface area contributed by atoms with E-state index in [-0.39, 0.29) is 11.6 Å². The summed E-state index contributed by atoms with van der Waals surface area (Å²) < 4.78 is 0. The minimum Gasteiger partial charge on any atom is -0.324 e. The van der Waals surface area contributed by atoms with Gasteiger partial charge in [-0.25, -0.2) is 9.97 Å². The summed E-state index contributed by atoms with van der Waals surface area (Å²) in [7, 11) is 0. The number of anilines is 3. The van der Waals surface area contributed by atoms with Crippen molar-refractivity contribution < 1.29 is 4.79 Å². The lowest BCUT2D eigenvalue weighted by Gasteiger charge is -2.10. The van der Waals surface area contributed by atoms with Gasteiger partial charge >= 0.3 is 0 Å². The second kappa shape index (κ2) is 7.54. The van der Waals surface area contributed by atoms with Crippen molar-refractivity contribution in [3.05, 3.63) is 76.1 Å². The van der Waals surface area contributed by atoms with E-state index in [9.17, 15) is 4.79 Å². The molecule has 5 nitrogen and oxygen atoms in total. The number of benzene rings is 2. The SMILES string of the molecule is Cc1cccc(Nc2nc(C)cc(C(=O)Nc3ccc(C)c(Cl)c3)n2)c1. The molecular weight excluding hydrogens is 348 g/mol. The molecule has 132 valence electrons. The minimum absolute atomic E-state index is 0.282. The van der Waals surface area contributed by atoms with Gasteiger partial charge in [0.2, 0.25) is 5.95 Å². The van der Waals surface area contributed by atoms with E-state index in [1.54, 1.807) is 18.2 Å². The van der Waals surface area contributed by atoms with Crippen molar-refractivity contribution in [2.24, 2.45) is 0 Å². The number of aromatic nitrogens is 2. The van der Waals surface area contributed by atoms with Crippen LogP contribution < -0.4 is 10.6 Å². The van der Waals surface area contributed by atoms with Gasteiger partial charge in [-0.3, -0.25) is 4.79 Å². The third kappa shape index (κ3) is 4.37. The lowest BCUT2D eigenvalue weighted by molar-refractivity contribution is 0.102. The lowest BCUT2D eigenvalue weighted by atomic mass is 10.2. The van der Waals surface area contributed by atoms with Crippen LogP contribution >= 0.6 is 11.6 Å². The average Bonchev–Trinajstić information content (AvgIpc) is 2.57. The molecule has 2 N–H and O–H groups in total. The van der Waals surface area contributed by atoms with Gasteiger partial charge in [0, 0.05) is 22.1 Å². The summed E-state index contributed by atoms with van der Waals surface area (Å²) in [5.74, 6) is 0.0606. The van der Waals surface area contributed by atoms with E-state index in [2.05, 4.69) is 20.6 Å². The van der Waals surface area contributed by atoms with Gasteiger partial charge in [-0.2, -0.15) is 0 Å². The molecule has 0 aliphatic rings. The van der Waals surface area contributed by atoms with E-state index in [1.165, 1.54) is 0 Å². The molecule has 0 atom stereocenters. The molecule has 1 heterocycles. The summed E-state index contributed by atoms with van der Waals surface area (Å²) >= 11 is 6.11. The maximum atomic E-state index is 12.5. The van der Waals surface area contributed by atoms with Crippen LogP contribution in [0.2, 0.25) is 5.02 Å². The Balaban J connectivity index is 1.82. The zero-order valence-electron chi connectivity index (χ0n) is 14.8. The summed E-state index contributed by atoms with van der Waals surface area (Å²) in [5.41, 5.74) is 4.54. The van der Waals surface area contributed by atoms with E-state index in [1.807, 2.05) is 51.1 Å². The molecule has 3 aromatic rings. The zero-order chi connectivity index (χ0) is 18.7. The molecule has 0 fully saturated rings. The Morgan fingerprint density at radius 1 is 0.962 bits per heavy atom. The van der Waals surface area contributed by atoms with Gasteiger partial charge in [-0.15, -0.1) is 0 Å².